The predicted molar refractivity (Wildman–Crippen MR) is 71.3 cm³/mol. The molecule has 7 heteroatoms. The summed E-state index contributed by atoms with van der Waals surface area (Å²) in [5, 5.41) is 9.33. The van der Waals surface area contributed by atoms with Crippen molar-refractivity contribution in [3.8, 4) is 6.07 Å². The number of imide groups is 1. The molecule has 0 saturated heterocycles. The number of hydrogen-bond acceptors (Lipinski definition) is 6. The largest absolute Gasteiger partial charge is 0.366 e. The Balaban J connectivity index is 1.89. The van der Waals surface area contributed by atoms with E-state index in [1.165, 1.54) is 24.4 Å². The van der Waals surface area contributed by atoms with E-state index in [9.17, 15) is 14.4 Å². The van der Waals surface area contributed by atoms with E-state index in [0.29, 0.717) is 5.06 Å². The Morgan fingerprint density at radius 2 is 1.77 bits per heavy atom. The zero-order valence-electron chi connectivity index (χ0n) is 11.0. The molecule has 0 bridgehead atoms. The molecule has 0 N–H and O–H groups in total. The number of hydrogen-bond donors (Lipinski definition) is 0. The number of aromatic nitrogens is 1. The zero-order chi connectivity index (χ0) is 15.7. The SMILES string of the molecule is N#Cc1ccncc1C(=O)ON1C(=O)c2ccccc2C1=O. The summed E-state index contributed by atoms with van der Waals surface area (Å²) in [4.78, 5) is 44.8. The maximum absolute atomic E-state index is 12.1. The van der Waals surface area contributed by atoms with Crippen LogP contribution in [0.2, 0.25) is 0 Å². The second-order valence-electron chi connectivity index (χ2n) is 4.36. The minimum atomic E-state index is -1.00. The molecule has 0 radical (unpaired) electrons. The van der Waals surface area contributed by atoms with Crippen LogP contribution in [0.4, 0.5) is 0 Å². The average Bonchev–Trinajstić information content (AvgIpc) is 2.80. The summed E-state index contributed by atoms with van der Waals surface area (Å²) >= 11 is 0. The summed E-state index contributed by atoms with van der Waals surface area (Å²) in [6, 6.07) is 9.28. The Hall–Kier alpha value is -3.53. The molecule has 1 aromatic carbocycles. The Morgan fingerprint density at radius 3 is 2.36 bits per heavy atom. The van der Waals surface area contributed by atoms with Crippen LogP contribution in [0.15, 0.2) is 42.7 Å². The van der Waals surface area contributed by atoms with Crippen molar-refractivity contribution in [1.29, 1.82) is 5.26 Å². The molecule has 3 rings (SSSR count). The summed E-state index contributed by atoms with van der Waals surface area (Å²) in [7, 11) is 0. The van der Waals surface area contributed by atoms with Crippen molar-refractivity contribution < 1.29 is 19.2 Å². The van der Waals surface area contributed by atoms with Gasteiger partial charge in [0.2, 0.25) is 0 Å². The van der Waals surface area contributed by atoms with Gasteiger partial charge in [0, 0.05) is 12.4 Å². The van der Waals surface area contributed by atoms with Crippen LogP contribution in [0.5, 0.6) is 0 Å². The zero-order valence-corrected chi connectivity index (χ0v) is 11.0. The van der Waals surface area contributed by atoms with Gasteiger partial charge in [-0.3, -0.25) is 14.6 Å². The summed E-state index contributed by atoms with van der Waals surface area (Å²) in [5.41, 5.74) is 0.233. The first-order chi connectivity index (χ1) is 10.6. The van der Waals surface area contributed by atoms with Gasteiger partial charge in [-0.2, -0.15) is 5.26 Å². The molecular weight excluding hydrogens is 286 g/mol. The summed E-state index contributed by atoms with van der Waals surface area (Å²) in [6.07, 6.45) is 2.48. The van der Waals surface area contributed by atoms with E-state index in [1.807, 2.05) is 6.07 Å². The third-order valence-electron chi connectivity index (χ3n) is 3.09. The third kappa shape index (κ3) is 1.99. The molecule has 0 spiro atoms. The van der Waals surface area contributed by atoms with Crippen LogP contribution in [0.1, 0.15) is 36.6 Å². The molecule has 2 amide bonds. The van der Waals surface area contributed by atoms with Crippen molar-refractivity contribution >= 4 is 17.8 Å². The highest BCUT2D eigenvalue weighted by atomic mass is 16.7. The first-order valence-electron chi connectivity index (χ1n) is 6.17. The second-order valence-corrected chi connectivity index (χ2v) is 4.36. The van der Waals surface area contributed by atoms with Gasteiger partial charge in [-0.05, 0) is 18.2 Å². The average molecular weight is 293 g/mol. The smallest absolute Gasteiger partial charge is 0.324 e. The lowest BCUT2D eigenvalue weighted by Gasteiger charge is -2.12. The normalized spacial score (nSPS) is 12.8. The van der Waals surface area contributed by atoms with Crippen LogP contribution in [0, 0.1) is 11.3 Å². The topological polar surface area (TPSA) is 100 Å². The minimum Gasteiger partial charge on any atom is -0.324 e. The fraction of sp³-hybridized carbons (Fsp3) is 0. The number of amides is 2. The maximum Gasteiger partial charge on any atom is 0.366 e. The van der Waals surface area contributed by atoms with Crippen LogP contribution >= 0.6 is 0 Å². The van der Waals surface area contributed by atoms with Crippen molar-refractivity contribution in [3.05, 3.63) is 65.0 Å². The van der Waals surface area contributed by atoms with Crippen LogP contribution < -0.4 is 0 Å². The van der Waals surface area contributed by atoms with Crippen LogP contribution in [0.3, 0.4) is 0 Å². The molecule has 7 nitrogen and oxygen atoms in total. The molecular formula is C15H7N3O4. The molecule has 0 fully saturated rings. The minimum absolute atomic E-state index is 0.0385. The molecule has 1 aliphatic rings. The lowest BCUT2D eigenvalue weighted by Crippen LogP contribution is -2.33. The van der Waals surface area contributed by atoms with E-state index in [1.54, 1.807) is 12.1 Å². The van der Waals surface area contributed by atoms with Gasteiger partial charge in [0.25, 0.3) is 11.8 Å². The number of rotatable bonds is 2. The molecule has 0 atom stereocenters. The Bertz CT molecular complexity index is 819. The molecule has 2 aromatic rings. The number of hydroxylamine groups is 2. The summed E-state index contributed by atoms with van der Waals surface area (Å²) < 4.78 is 0. The Labute approximate surface area is 124 Å². The molecule has 0 aliphatic carbocycles. The highest BCUT2D eigenvalue weighted by molar-refractivity contribution is 6.21. The fourth-order valence-corrected chi connectivity index (χ4v) is 2.04. The number of fused-ring (bicyclic) bond motifs is 1. The first kappa shape index (κ1) is 13.5. The number of carbonyl (C=O) groups is 3. The van der Waals surface area contributed by atoms with Gasteiger partial charge < -0.3 is 4.84 Å². The third-order valence-corrected chi connectivity index (χ3v) is 3.09. The fourth-order valence-electron chi connectivity index (χ4n) is 2.04. The van der Waals surface area contributed by atoms with Crippen LogP contribution in [-0.2, 0) is 4.84 Å². The molecule has 1 aromatic heterocycles. The molecule has 2 heterocycles. The van der Waals surface area contributed by atoms with Crippen molar-refractivity contribution in [2.45, 2.75) is 0 Å². The van der Waals surface area contributed by atoms with E-state index in [4.69, 9.17) is 10.1 Å². The van der Waals surface area contributed by atoms with E-state index in [0.717, 1.165) is 6.20 Å². The van der Waals surface area contributed by atoms with Crippen molar-refractivity contribution in [2.24, 2.45) is 0 Å². The van der Waals surface area contributed by atoms with Gasteiger partial charge in [-0.1, -0.05) is 17.2 Å². The van der Waals surface area contributed by atoms with Crippen LogP contribution in [-0.4, -0.2) is 27.8 Å². The Morgan fingerprint density at radius 1 is 1.14 bits per heavy atom. The molecule has 22 heavy (non-hydrogen) atoms. The van der Waals surface area contributed by atoms with Crippen molar-refractivity contribution in [1.82, 2.24) is 10.0 Å². The molecule has 0 unspecified atom stereocenters. The molecule has 0 saturated carbocycles. The molecule has 106 valence electrons. The number of nitrogens with zero attached hydrogens (tertiary/aromatic N) is 3. The first-order valence-corrected chi connectivity index (χ1v) is 6.17. The highest BCUT2D eigenvalue weighted by Gasteiger charge is 2.39. The maximum atomic E-state index is 12.1. The standard InChI is InChI=1S/C15H7N3O4/c16-7-9-5-6-17-8-12(9)15(21)22-18-13(19)10-3-1-2-4-11(10)14(18)20/h1-6,8H. The van der Waals surface area contributed by atoms with Crippen molar-refractivity contribution in [3.63, 3.8) is 0 Å². The Kier molecular flexibility index (Phi) is 3.12. The van der Waals surface area contributed by atoms with Gasteiger partial charge in [0.05, 0.1) is 22.3 Å². The van der Waals surface area contributed by atoms with Gasteiger partial charge in [-0.15, -0.1) is 0 Å². The number of nitriles is 1. The van der Waals surface area contributed by atoms with Gasteiger partial charge in [0.1, 0.15) is 6.07 Å². The van der Waals surface area contributed by atoms with E-state index < -0.39 is 17.8 Å². The van der Waals surface area contributed by atoms with Gasteiger partial charge >= 0.3 is 5.97 Å². The number of benzene rings is 1. The quantitative estimate of drug-likeness (QED) is 0.774. The van der Waals surface area contributed by atoms with Crippen LogP contribution in [0.25, 0.3) is 0 Å². The number of carbonyl (C=O) groups excluding carboxylic acids is 3. The van der Waals surface area contributed by atoms with E-state index in [2.05, 4.69) is 4.98 Å². The lowest BCUT2D eigenvalue weighted by atomic mass is 10.1. The second kappa shape index (κ2) is 5.10. The lowest BCUT2D eigenvalue weighted by molar-refractivity contribution is -0.0585. The summed E-state index contributed by atoms with van der Waals surface area (Å²) in [5.74, 6) is -2.45. The summed E-state index contributed by atoms with van der Waals surface area (Å²) in [6.45, 7) is 0. The monoisotopic (exact) mass is 293 g/mol. The van der Waals surface area contributed by atoms with Gasteiger partial charge in [-0.25, -0.2) is 4.79 Å². The predicted octanol–water partition coefficient (Wildman–Crippen LogP) is 1.32. The number of pyridine rings is 1. The van der Waals surface area contributed by atoms with Gasteiger partial charge in [0.15, 0.2) is 0 Å². The highest BCUT2D eigenvalue weighted by Crippen LogP contribution is 2.23. The van der Waals surface area contributed by atoms with Crippen molar-refractivity contribution in [2.75, 3.05) is 0 Å². The van der Waals surface area contributed by atoms with E-state index >= 15 is 0 Å². The molecule has 1 aliphatic heterocycles. The van der Waals surface area contributed by atoms with E-state index in [-0.39, 0.29) is 22.3 Å².